The van der Waals surface area contributed by atoms with Crippen LogP contribution in [-0.4, -0.2) is 27.3 Å². The maximum atomic E-state index is 12.3. The smallest absolute Gasteiger partial charge is 0.258 e. The topological polar surface area (TPSA) is 69.0 Å². The normalized spacial score (nSPS) is 14.9. The predicted octanol–water partition coefficient (Wildman–Crippen LogP) is 3.72. The Morgan fingerprint density at radius 3 is 2.68 bits per heavy atom. The average Bonchev–Trinajstić information content (AvgIpc) is 3.45. The fraction of sp³-hybridized carbons (Fsp3) is 0.409. The molecule has 0 aliphatic heterocycles. The molecule has 1 aromatic carbocycles. The third-order valence-corrected chi connectivity index (χ3v) is 5.26. The monoisotopic (exact) mass is 378 g/mol. The molecule has 0 spiro atoms. The zero-order chi connectivity index (χ0) is 19.8. The van der Waals surface area contributed by atoms with Crippen LogP contribution in [-0.2, 0) is 11.8 Å². The van der Waals surface area contributed by atoms with Crippen LogP contribution in [0.15, 0.2) is 30.3 Å². The molecule has 1 fully saturated rings. The minimum absolute atomic E-state index is 0.0680. The molecular formula is C22H26N4O2. The summed E-state index contributed by atoms with van der Waals surface area (Å²) in [6, 6.07) is 9.96. The number of carbonyl (C=O) groups is 1. The standard InChI is InChI=1S/C22H26N4O2/c1-13-5-7-16(8-6-13)15(3)23-18(27)12-28-19-11-14(2)20-21(17-9-10-17)25-26(4)22(20)24-19/h5-8,11,15,17H,9-10,12H2,1-4H3,(H,23,27)/t15-/m0/s1. The van der Waals surface area contributed by atoms with Gasteiger partial charge < -0.3 is 10.1 Å². The number of amides is 1. The second-order valence-electron chi connectivity index (χ2n) is 7.75. The van der Waals surface area contributed by atoms with Gasteiger partial charge in [-0.1, -0.05) is 29.8 Å². The third kappa shape index (κ3) is 3.72. The van der Waals surface area contributed by atoms with Crippen molar-refractivity contribution >= 4 is 16.9 Å². The highest BCUT2D eigenvalue weighted by molar-refractivity contribution is 5.84. The Morgan fingerprint density at radius 1 is 1.29 bits per heavy atom. The Bertz CT molecular complexity index is 1020. The van der Waals surface area contributed by atoms with E-state index in [0.717, 1.165) is 27.9 Å². The summed E-state index contributed by atoms with van der Waals surface area (Å²) in [7, 11) is 1.90. The van der Waals surface area contributed by atoms with E-state index in [4.69, 9.17) is 4.74 Å². The van der Waals surface area contributed by atoms with Crippen LogP contribution in [0.1, 0.15) is 54.1 Å². The molecule has 3 aromatic rings. The van der Waals surface area contributed by atoms with Crippen LogP contribution in [0.2, 0.25) is 0 Å². The molecule has 28 heavy (non-hydrogen) atoms. The summed E-state index contributed by atoms with van der Waals surface area (Å²) < 4.78 is 7.50. The van der Waals surface area contributed by atoms with E-state index >= 15 is 0 Å². The van der Waals surface area contributed by atoms with Gasteiger partial charge in [-0.2, -0.15) is 10.1 Å². The molecule has 1 amide bonds. The van der Waals surface area contributed by atoms with Crippen molar-refractivity contribution < 1.29 is 9.53 Å². The molecule has 1 N–H and O–H groups in total. The van der Waals surface area contributed by atoms with Crippen LogP contribution in [0.4, 0.5) is 0 Å². The van der Waals surface area contributed by atoms with Crippen molar-refractivity contribution in [2.75, 3.05) is 6.61 Å². The fourth-order valence-electron chi connectivity index (χ4n) is 3.51. The van der Waals surface area contributed by atoms with Gasteiger partial charge in [0, 0.05) is 24.4 Å². The van der Waals surface area contributed by atoms with Crippen LogP contribution < -0.4 is 10.1 Å². The summed E-state index contributed by atoms with van der Waals surface area (Å²) >= 11 is 0. The van der Waals surface area contributed by atoms with Gasteiger partial charge in [-0.25, -0.2) is 0 Å². The number of aromatic nitrogens is 3. The summed E-state index contributed by atoms with van der Waals surface area (Å²) in [6.45, 7) is 5.99. The number of hydrogen-bond donors (Lipinski definition) is 1. The second kappa shape index (κ2) is 7.26. The zero-order valence-electron chi connectivity index (χ0n) is 16.8. The van der Waals surface area contributed by atoms with Gasteiger partial charge in [-0.3, -0.25) is 9.48 Å². The quantitative estimate of drug-likeness (QED) is 0.710. The molecule has 0 unspecified atom stereocenters. The van der Waals surface area contributed by atoms with Gasteiger partial charge in [0.05, 0.1) is 11.7 Å². The van der Waals surface area contributed by atoms with Gasteiger partial charge in [0.15, 0.2) is 12.3 Å². The number of aryl methyl sites for hydroxylation is 3. The number of ether oxygens (including phenoxy) is 1. The second-order valence-corrected chi connectivity index (χ2v) is 7.75. The number of nitrogens with one attached hydrogen (secondary N) is 1. The lowest BCUT2D eigenvalue weighted by atomic mass is 10.1. The molecule has 1 aliphatic rings. The van der Waals surface area contributed by atoms with Crippen LogP contribution in [0, 0.1) is 13.8 Å². The maximum absolute atomic E-state index is 12.3. The summed E-state index contributed by atoms with van der Waals surface area (Å²) in [5.74, 6) is 0.842. The van der Waals surface area contributed by atoms with Gasteiger partial charge in [-0.05, 0) is 44.7 Å². The van der Waals surface area contributed by atoms with E-state index in [9.17, 15) is 4.79 Å². The van der Waals surface area contributed by atoms with Gasteiger partial charge in [0.1, 0.15) is 0 Å². The first-order valence-electron chi connectivity index (χ1n) is 9.75. The van der Waals surface area contributed by atoms with Crippen molar-refractivity contribution in [3.05, 3.63) is 52.7 Å². The van der Waals surface area contributed by atoms with Gasteiger partial charge in [0.2, 0.25) is 5.88 Å². The first kappa shape index (κ1) is 18.5. The van der Waals surface area contributed by atoms with Gasteiger partial charge in [0.25, 0.3) is 5.91 Å². The number of rotatable bonds is 6. The number of hydrogen-bond acceptors (Lipinski definition) is 4. The number of pyridine rings is 1. The van der Waals surface area contributed by atoms with E-state index in [1.807, 2.05) is 62.8 Å². The lowest BCUT2D eigenvalue weighted by Crippen LogP contribution is -2.31. The van der Waals surface area contributed by atoms with E-state index in [-0.39, 0.29) is 18.6 Å². The molecule has 1 saturated carbocycles. The maximum Gasteiger partial charge on any atom is 0.258 e. The zero-order valence-corrected chi connectivity index (χ0v) is 16.8. The largest absolute Gasteiger partial charge is 0.468 e. The molecule has 6 nitrogen and oxygen atoms in total. The van der Waals surface area contributed by atoms with Crippen LogP contribution in [0.5, 0.6) is 5.88 Å². The van der Waals surface area contributed by atoms with E-state index < -0.39 is 0 Å². The molecule has 0 radical (unpaired) electrons. The Hall–Kier alpha value is -2.89. The highest BCUT2D eigenvalue weighted by atomic mass is 16.5. The van der Waals surface area contributed by atoms with E-state index in [2.05, 4.69) is 15.4 Å². The van der Waals surface area contributed by atoms with E-state index in [1.165, 1.54) is 18.4 Å². The van der Waals surface area contributed by atoms with Crippen molar-refractivity contribution in [2.45, 2.75) is 45.6 Å². The van der Waals surface area contributed by atoms with E-state index in [1.54, 1.807) is 0 Å². The molecular weight excluding hydrogens is 352 g/mol. The van der Waals surface area contributed by atoms with Crippen molar-refractivity contribution in [2.24, 2.45) is 7.05 Å². The molecule has 146 valence electrons. The molecule has 4 rings (SSSR count). The molecule has 0 bridgehead atoms. The van der Waals surface area contributed by atoms with Crippen molar-refractivity contribution in [1.29, 1.82) is 0 Å². The third-order valence-electron chi connectivity index (χ3n) is 5.26. The van der Waals surface area contributed by atoms with Crippen molar-refractivity contribution in [1.82, 2.24) is 20.1 Å². The lowest BCUT2D eigenvalue weighted by Gasteiger charge is -2.15. The number of carbonyl (C=O) groups excluding carboxylic acids is 1. The summed E-state index contributed by atoms with van der Waals surface area (Å²) in [4.78, 5) is 16.9. The summed E-state index contributed by atoms with van der Waals surface area (Å²) in [5.41, 5.74) is 5.30. The van der Waals surface area contributed by atoms with E-state index in [0.29, 0.717) is 11.8 Å². The fourth-order valence-corrected chi connectivity index (χ4v) is 3.51. The highest BCUT2D eigenvalue weighted by Crippen LogP contribution is 2.43. The average molecular weight is 378 g/mol. The Morgan fingerprint density at radius 2 is 2.00 bits per heavy atom. The van der Waals surface area contributed by atoms with Gasteiger partial charge in [-0.15, -0.1) is 0 Å². The van der Waals surface area contributed by atoms with Crippen LogP contribution in [0.25, 0.3) is 11.0 Å². The van der Waals surface area contributed by atoms with Crippen molar-refractivity contribution in [3.63, 3.8) is 0 Å². The summed E-state index contributed by atoms with van der Waals surface area (Å²) in [6.07, 6.45) is 2.40. The number of fused-ring (bicyclic) bond motifs is 1. The first-order valence-corrected chi connectivity index (χ1v) is 9.75. The molecule has 6 heteroatoms. The minimum atomic E-state index is -0.170. The molecule has 1 aliphatic carbocycles. The Labute approximate surface area is 164 Å². The van der Waals surface area contributed by atoms with Crippen molar-refractivity contribution in [3.8, 4) is 5.88 Å². The van der Waals surface area contributed by atoms with Crippen LogP contribution >= 0.6 is 0 Å². The predicted molar refractivity (Wildman–Crippen MR) is 108 cm³/mol. The van der Waals surface area contributed by atoms with Gasteiger partial charge >= 0.3 is 0 Å². The number of nitrogens with zero attached hydrogens (tertiary/aromatic N) is 3. The first-order chi connectivity index (χ1) is 13.4. The highest BCUT2D eigenvalue weighted by Gasteiger charge is 2.30. The Balaban J connectivity index is 1.43. The molecule has 2 heterocycles. The molecule has 1 atom stereocenters. The molecule has 0 saturated heterocycles. The number of benzene rings is 1. The lowest BCUT2D eigenvalue weighted by molar-refractivity contribution is -0.123. The SMILES string of the molecule is Cc1ccc([C@H](C)NC(=O)COc2cc(C)c3c(C4CC4)nn(C)c3n2)cc1. The summed E-state index contributed by atoms with van der Waals surface area (Å²) in [5, 5.41) is 8.73. The van der Waals surface area contributed by atoms with Crippen LogP contribution in [0.3, 0.4) is 0 Å². The minimum Gasteiger partial charge on any atom is -0.468 e. The Kier molecular flexibility index (Phi) is 4.79. The molecule has 2 aromatic heterocycles.